The number of nitrogens with zero attached hydrogens (tertiary/aromatic N) is 1. The molecule has 2 rings (SSSR count). The zero-order valence-electron chi connectivity index (χ0n) is 16.7. The normalized spacial score (nSPS) is 24.2. The van der Waals surface area contributed by atoms with Crippen molar-refractivity contribution in [1.29, 1.82) is 0 Å². The van der Waals surface area contributed by atoms with Gasteiger partial charge in [0.2, 0.25) is 5.91 Å². The lowest BCUT2D eigenvalue weighted by Crippen LogP contribution is -2.45. The lowest BCUT2D eigenvalue weighted by Gasteiger charge is -2.27. The van der Waals surface area contributed by atoms with Crippen molar-refractivity contribution in [3.63, 3.8) is 0 Å². The topological polar surface area (TPSA) is 72.9 Å². The van der Waals surface area contributed by atoms with Crippen molar-refractivity contribution >= 4 is 17.8 Å². The summed E-state index contributed by atoms with van der Waals surface area (Å²) in [6, 6.07) is -0.457. The smallest absolute Gasteiger partial charge is 0.330 e. The number of carbonyl (C=O) groups is 3. The third-order valence-corrected chi connectivity index (χ3v) is 5.67. The number of fused-ring (bicyclic) bond motifs is 1. The zero-order chi connectivity index (χ0) is 19.6. The Labute approximate surface area is 162 Å². The molecule has 0 unspecified atom stereocenters. The third-order valence-electron chi connectivity index (χ3n) is 5.67. The highest BCUT2D eigenvalue weighted by Gasteiger charge is 2.48. The van der Waals surface area contributed by atoms with E-state index in [1.54, 1.807) is 4.90 Å². The molecule has 1 heterocycles. The van der Waals surface area contributed by atoms with E-state index in [4.69, 9.17) is 4.74 Å². The fourth-order valence-corrected chi connectivity index (χ4v) is 4.26. The van der Waals surface area contributed by atoms with Crippen LogP contribution in [0.25, 0.3) is 0 Å². The van der Waals surface area contributed by atoms with E-state index in [0.717, 1.165) is 38.2 Å². The van der Waals surface area contributed by atoms with E-state index < -0.39 is 12.0 Å². The highest BCUT2D eigenvalue weighted by Crippen LogP contribution is 2.41. The number of amides is 1. The van der Waals surface area contributed by atoms with Crippen LogP contribution in [-0.4, -0.2) is 48.5 Å². The molecule has 152 valence electrons. The first-order chi connectivity index (χ1) is 13.1. The quantitative estimate of drug-likeness (QED) is 0.330. The summed E-state index contributed by atoms with van der Waals surface area (Å²) < 4.78 is 10.0. The number of methoxy groups -OCH3 is 1. The Morgan fingerprint density at radius 3 is 2.52 bits per heavy atom. The van der Waals surface area contributed by atoms with Gasteiger partial charge in [-0.25, -0.2) is 9.59 Å². The molecule has 2 fully saturated rings. The second-order valence-corrected chi connectivity index (χ2v) is 7.55. The predicted octanol–water partition coefficient (Wildman–Crippen LogP) is 3.39. The lowest BCUT2D eigenvalue weighted by molar-refractivity contribution is -0.153. The van der Waals surface area contributed by atoms with Crippen molar-refractivity contribution in [1.82, 2.24) is 4.90 Å². The number of hydrogen-bond donors (Lipinski definition) is 0. The maximum absolute atomic E-state index is 12.6. The highest BCUT2D eigenvalue weighted by atomic mass is 16.5. The summed E-state index contributed by atoms with van der Waals surface area (Å²) in [7, 11) is 1.27. The van der Waals surface area contributed by atoms with Crippen molar-refractivity contribution in [2.75, 3.05) is 13.7 Å². The molecule has 6 heteroatoms. The molecule has 0 spiro atoms. The van der Waals surface area contributed by atoms with Crippen LogP contribution in [0.4, 0.5) is 0 Å². The van der Waals surface area contributed by atoms with Crippen molar-refractivity contribution in [2.24, 2.45) is 5.92 Å². The van der Waals surface area contributed by atoms with Gasteiger partial charge in [-0.1, -0.05) is 45.4 Å². The molecule has 1 aliphatic carbocycles. The number of likely N-dealkylation sites (tertiary alicyclic amines) is 1. The van der Waals surface area contributed by atoms with E-state index in [9.17, 15) is 14.4 Å². The SMILES string of the molecule is CCCCCCCCOC(=O)[C@@H]1C[C@@H]2CCC[C@@H]2N1C(=O)C=CC(=O)OC. The molecular formula is C21H33NO5. The van der Waals surface area contributed by atoms with Crippen molar-refractivity contribution in [3.05, 3.63) is 12.2 Å². The third kappa shape index (κ3) is 6.08. The number of esters is 2. The van der Waals surface area contributed by atoms with Crippen LogP contribution in [0, 0.1) is 5.92 Å². The minimum atomic E-state index is -0.576. The van der Waals surface area contributed by atoms with Crippen LogP contribution < -0.4 is 0 Å². The first-order valence-electron chi connectivity index (χ1n) is 10.3. The second kappa shape index (κ2) is 11.1. The maximum atomic E-state index is 12.6. The fraction of sp³-hybridized carbons (Fsp3) is 0.762. The molecule has 3 atom stereocenters. The monoisotopic (exact) mass is 379 g/mol. The Balaban J connectivity index is 1.87. The van der Waals surface area contributed by atoms with Gasteiger partial charge in [0.25, 0.3) is 0 Å². The van der Waals surface area contributed by atoms with Gasteiger partial charge in [-0.2, -0.15) is 0 Å². The van der Waals surface area contributed by atoms with Gasteiger partial charge in [-0.15, -0.1) is 0 Å². The molecule has 0 aromatic heterocycles. The van der Waals surface area contributed by atoms with Gasteiger partial charge < -0.3 is 14.4 Å². The van der Waals surface area contributed by atoms with E-state index in [1.807, 2.05) is 0 Å². The average molecular weight is 379 g/mol. The Kier molecular flexibility index (Phi) is 8.82. The fourth-order valence-electron chi connectivity index (χ4n) is 4.26. The average Bonchev–Trinajstić information content (AvgIpc) is 3.25. The van der Waals surface area contributed by atoms with Crippen LogP contribution in [0.3, 0.4) is 0 Å². The van der Waals surface area contributed by atoms with E-state index in [1.165, 1.54) is 38.9 Å². The van der Waals surface area contributed by atoms with E-state index in [-0.39, 0.29) is 17.9 Å². The van der Waals surface area contributed by atoms with Gasteiger partial charge in [0, 0.05) is 18.2 Å². The van der Waals surface area contributed by atoms with Crippen LogP contribution in [0.1, 0.15) is 71.1 Å². The van der Waals surface area contributed by atoms with E-state index in [2.05, 4.69) is 11.7 Å². The highest BCUT2D eigenvalue weighted by molar-refractivity contribution is 5.97. The number of ether oxygens (including phenoxy) is 2. The van der Waals surface area contributed by atoms with Crippen molar-refractivity contribution in [2.45, 2.75) is 83.2 Å². The lowest BCUT2D eigenvalue weighted by atomic mass is 10.0. The summed E-state index contributed by atoms with van der Waals surface area (Å²) in [6.07, 6.45) is 12.8. The Morgan fingerprint density at radius 2 is 1.78 bits per heavy atom. The maximum Gasteiger partial charge on any atom is 0.330 e. The summed E-state index contributed by atoms with van der Waals surface area (Å²) >= 11 is 0. The molecule has 0 radical (unpaired) electrons. The summed E-state index contributed by atoms with van der Waals surface area (Å²) in [5.74, 6) is -0.839. The summed E-state index contributed by atoms with van der Waals surface area (Å²) in [6.45, 7) is 2.60. The molecule has 1 saturated carbocycles. The van der Waals surface area contributed by atoms with E-state index >= 15 is 0 Å². The van der Waals surface area contributed by atoms with Crippen molar-refractivity contribution < 1.29 is 23.9 Å². The summed E-state index contributed by atoms with van der Waals surface area (Å²) in [5, 5.41) is 0. The molecule has 2 aliphatic rings. The van der Waals surface area contributed by atoms with Crippen LogP contribution in [0.5, 0.6) is 0 Å². The molecule has 1 aliphatic heterocycles. The van der Waals surface area contributed by atoms with Crippen molar-refractivity contribution in [3.8, 4) is 0 Å². The Morgan fingerprint density at radius 1 is 1.04 bits per heavy atom. The van der Waals surface area contributed by atoms with Crippen LogP contribution >= 0.6 is 0 Å². The number of hydrogen-bond acceptors (Lipinski definition) is 5. The minimum Gasteiger partial charge on any atom is -0.466 e. The Bertz CT molecular complexity index is 545. The second-order valence-electron chi connectivity index (χ2n) is 7.55. The molecule has 6 nitrogen and oxygen atoms in total. The molecule has 1 amide bonds. The summed E-state index contributed by atoms with van der Waals surface area (Å²) in [4.78, 5) is 38.1. The van der Waals surface area contributed by atoms with Gasteiger partial charge in [-0.05, 0) is 31.6 Å². The van der Waals surface area contributed by atoms with E-state index in [0.29, 0.717) is 18.9 Å². The molecule has 0 bridgehead atoms. The van der Waals surface area contributed by atoms with Gasteiger partial charge in [0.1, 0.15) is 6.04 Å². The van der Waals surface area contributed by atoms with Crippen LogP contribution in [0.15, 0.2) is 12.2 Å². The molecule has 0 N–H and O–H groups in total. The molecular weight excluding hydrogens is 346 g/mol. The first kappa shape index (κ1) is 21.5. The number of unbranched alkanes of at least 4 members (excludes halogenated alkanes) is 5. The number of carbonyl (C=O) groups excluding carboxylic acids is 3. The Hall–Kier alpha value is -1.85. The van der Waals surface area contributed by atoms with Gasteiger partial charge >= 0.3 is 11.9 Å². The van der Waals surface area contributed by atoms with Crippen LogP contribution in [0.2, 0.25) is 0 Å². The van der Waals surface area contributed by atoms with Gasteiger partial charge in [0.15, 0.2) is 0 Å². The zero-order valence-corrected chi connectivity index (χ0v) is 16.7. The molecule has 0 aromatic rings. The van der Waals surface area contributed by atoms with Crippen LogP contribution in [-0.2, 0) is 23.9 Å². The summed E-state index contributed by atoms with van der Waals surface area (Å²) in [5.41, 5.74) is 0. The molecule has 27 heavy (non-hydrogen) atoms. The molecule has 1 saturated heterocycles. The predicted molar refractivity (Wildman–Crippen MR) is 102 cm³/mol. The standard InChI is InChI=1S/C21H33NO5/c1-3-4-5-6-7-8-14-27-21(25)18-15-16-10-9-11-17(16)22(18)19(23)12-13-20(24)26-2/h12-13,16-18H,3-11,14-15H2,1-2H3/t16-,17-,18-/m0/s1. The number of rotatable bonds is 10. The minimum absolute atomic E-state index is 0.0754. The van der Waals surface area contributed by atoms with Gasteiger partial charge in [0.05, 0.1) is 13.7 Å². The van der Waals surface area contributed by atoms with Gasteiger partial charge in [-0.3, -0.25) is 4.79 Å². The largest absolute Gasteiger partial charge is 0.466 e. The molecule has 0 aromatic carbocycles. The first-order valence-corrected chi connectivity index (χ1v) is 10.3.